The first-order valence-electron chi connectivity index (χ1n) is 14.1. The summed E-state index contributed by atoms with van der Waals surface area (Å²) in [6, 6.07) is 4.80. The van der Waals surface area contributed by atoms with Gasteiger partial charge in [0.25, 0.3) is 0 Å². The lowest BCUT2D eigenvalue weighted by Gasteiger charge is -2.26. The molecule has 212 valence electrons. The molecule has 1 saturated carbocycles. The SMILES string of the molecule is COc1ccc(CC(NC(=O)C(C)NC(=O)C2=CCCC2)C(=O)NC(CC2CCCC2)C(=O)C2(C)CO2)cc1. The summed E-state index contributed by atoms with van der Waals surface area (Å²) in [5.74, 6) is -0.227. The standard InChI is InChI=1S/C30H41N3O6/c1-19(31-28(36)22-10-6-7-11-22)27(35)33-25(17-21-12-14-23(38-3)15-13-21)29(37)32-24(16-20-8-4-5-9-20)26(34)30(2)18-39-30/h10,12-15,19-20,24-25H,4-9,11,16-18H2,1-3H3,(H,31,36)(H,32,37)(H,33,35). The molecule has 4 unspecified atom stereocenters. The highest BCUT2D eigenvalue weighted by atomic mass is 16.6. The average molecular weight is 540 g/mol. The molecule has 39 heavy (non-hydrogen) atoms. The van der Waals surface area contributed by atoms with Crippen molar-refractivity contribution in [3.63, 3.8) is 0 Å². The van der Waals surface area contributed by atoms with Gasteiger partial charge in [-0.25, -0.2) is 0 Å². The van der Waals surface area contributed by atoms with Crippen molar-refractivity contribution in [3.8, 4) is 5.75 Å². The van der Waals surface area contributed by atoms with Crippen molar-refractivity contribution in [2.24, 2.45) is 5.92 Å². The molecule has 2 aliphatic carbocycles. The number of ketones is 1. The summed E-state index contributed by atoms with van der Waals surface area (Å²) < 4.78 is 10.6. The third kappa shape index (κ3) is 7.68. The highest BCUT2D eigenvalue weighted by Crippen LogP contribution is 2.33. The number of hydrogen-bond acceptors (Lipinski definition) is 6. The Kier molecular flexibility index (Phi) is 9.43. The van der Waals surface area contributed by atoms with Crippen LogP contribution in [-0.4, -0.2) is 60.9 Å². The summed E-state index contributed by atoms with van der Waals surface area (Å²) in [6.07, 6.45) is 9.49. The zero-order valence-electron chi connectivity index (χ0n) is 23.2. The van der Waals surface area contributed by atoms with Crippen molar-refractivity contribution in [1.82, 2.24) is 16.0 Å². The maximum absolute atomic E-state index is 13.7. The van der Waals surface area contributed by atoms with Crippen LogP contribution >= 0.6 is 0 Å². The van der Waals surface area contributed by atoms with Gasteiger partial charge in [0.15, 0.2) is 5.78 Å². The van der Waals surface area contributed by atoms with Gasteiger partial charge in [-0.05, 0) is 63.1 Å². The van der Waals surface area contributed by atoms with Crippen molar-refractivity contribution in [1.29, 1.82) is 0 Å². The number of carbonyl (C=O) groups excluding carboxylic acids is 4. The van der Waals surface area contributed by atoms with E-state index in [-0.39, 0.29) is 18.1 Å². The summed E-state index contributed by atoms with van der Waals surface area (Å²) in [5.41, 5.74) is 0.644. The van der Waals surface area contributed by atoms with Crippen molar-refractivity contribution >= 4 is 23.5 Å². The lowest BCUT2D eigenvalue weighted by atomic mass is 9.90. The quantitative estimate of drug-likeness (QED) is 0.331. The van der Waals surface area contributed by atoms with Crippen LogP contribution in [0.5, 0.6) is 5.75 Å². The number of methoxy groups -OCH3 is 1. The van der Waals surface area contributed by atoms with E-state index >= 15 is 0 Å². The second kappa shape index (κ2) is 12.8. The number of nitrogens with one attached hydrogen (secondary N) is 3. The van der Waals surface area contributed by atoms with E-state index in [1.165, 1.54) is 0 Å². The number of rotatable bonds is 13. The second-order valence-electron chi connectivity index (χ2n) is 11.3. The largest absolute Gasteiger partial charge is 0.497 e. The van der Waals surface area contributed by atoms with E-state index in [1.807, 2.05) is 18.2 Å². The van der Waals surface area contributed by atoms with E-state index in [2.05, 4.69) is 16.0 Å². The summed E-state index contributed by atoms with van der Waals surface area (Å²) >= 11 is 0. The van der Waals surface area contributed by atoms with Crippen LogP contribution in [-0.2, 0) is 30.3 Å². The minimum absolute atomic E-state index is 0.122. The molecule has 0 spiro atoms. The third-order valence-electron chi connectivity index (χ3n) is 8.08. The molecule has 1 aliphatic heterocycles. The highest BCUT2D eigenvalue weighted by molar-refractivity contribution is 5.99. The van der Waals surface area contributed by atoms with Gasteiger partial charge in [-0.2, -0.15) is 0 Å². The van der Waals surface area contributed by atoms with E-state index < -0.39 is 35.5 Å². The predicted octanol–water partition coefficient (Wildman–Crippen LogP) is 2.76. The van der Waals surface area contributed by atoms with Crippen LogP contribution in [0.3, 0.4) is 0 Å². The van der Waals surface area contributed by atoms with Crippen molar-refractivity contribution in [2.45, 2.75) is 95.4 Å². The molecule has 1 heterocycles. The van der Waals surface area contributed by atoms with Crippen molar-refractivity contribution in [3.05, 3.63) is 41.5 Å². The maximum Gasteiger partial charge on any atom is 0.247 e. The molecule has 4 rings (SSSR count). The van der Waals surface area contributed by atoms with Crippen LogP contribution in [0, 0.1) is 5.92 Å². The Balaban J connectivity index is 1.47. The lowest BCUT2D eigenvalue weighted by Crippen LogP contribution is -2.57. The average Bonchev–Trinajstić information content (AvgIpc) is 3.32. The van der Waals surface area contributed by atoms with Gasteiger partial charge in [0, 0.05) is 12.0 Å². The maximum atomic E-state index is 13.7. The fourth-order valence-corrected chi connectivity index (χ4v) is 5.44. The Hall–Kier alpha value is -3.20. The topological polar surface area (TPSA) is 126 Å². The van der Waals surface area contributed by atoms with E-state index in [0.29, 0.717) is 36.7 Å². The Bertz CT molecular complexity index is 1090. The fraction of sp³-hybridized carbons (Fsp3) is 0.600. The van der Waals surface area contributed by atoms with E-state index in [1.54, 1.807) is 33.1 Å². The number of benzene rings is 1. The number of epoxide rings is 1. The minimum Gasteiger partial charge on any atom is -0.497 e. The summed E-state index contributed by atoms with van der Waals surface area (Å²) in [4.78, 5) is 52.6. The first kappa shape index (κ1) is 28.8. The van der Waals surface area contributed by atoms with Gasteiger partial charge in [0.05, 0.1) is 19.8 Å². The van der Waals surface area contributed by atoms with Crippen LogP contribution in [0.15, 0.2) is 35.9 Å². The smallest absolute Gasteiger partial charge is 0.247 e. The molecule has 0 aromatic heterocycles. The molecule has 9 heteroatoms. The number of ether oxygens (including phenoxy) is 2. The second-order valence-corrected chi connectivity index (χ2v) is 11.3. The first-order chi connectivity index (χ1) is 18.7. The molecule has 3 amide bonds. The molecule has 3 aliphatic rings. The minimum atomic E-state index is -0.942. The molecule has 3 N–H and O–H groups in total. The van der Waals surface area contributed by atoms with Gasteiger partial charge >= 0.3 is 0 Å². The number of allylic oxidation sites excluding steroid dienone is 1. The Morgan fingerprint density at radius 2 is 1.67 bits per heavy atom. The van der Waals surface area contributed by atoms with Crippen molar-refractivity contribution < 1.29 is 28.7 Å². The van der Waals surface area contributed by atoms with Gasteiger partial charge in [-0.3, -0.25) is 19.2 Å². The summed E-state index contributed by atoms with van der Waals surface area (Å²) in [6.45, 7) is 3.70. The zero-order valence-corrected chi connectivity index (χ0v) is 23.2. The van der Waals surface area contributed by atoms with Crippen LogP contribution in [0.1, 0.15) is 70.8 Å². The molecule has 1 saturated heterocycles. The van der Waals surface area contributed by atoms with Crippen LogP contribution in [0.4, 0.5) is 0 Å². The molecule has 1 aromatic carbocycles. The van der Waals surface area contributed by atoms with Crippen LogP contribution in [0.2, 0.25) is 0 Å². The third-order valence-corrected chi connectivity index (χ3v) is 8.08. The molecule has 0 radical (unpaired) electrons. The number of Topliss-reactive ketones (excluding diaryl/α,β-unsaturated/α-hetero) is 1. The van der Waals surface area contributed by atoms with E-state index in [4.69, 9.17) is 9.47 Å². The first-order valence-corrected chi connectivity index (χ1v) is 14.1. The lowest BCUT2D eigenvalue weighted by molar-refractivity contribution is -0.134. The van der Waals surface area contributed by atoms with Crippen LogP contribution in [0.25, 0.3) is 0 Å². The van der Waals surface area contributed by atoms with Gasteiger partial charge < -0.3 is 25.4 Å². The zero-order chi connectivity index (χ0) is 28.0. The Morgan fingerprint density at radius 3 is 2.26 bits per heavy atom. The highest BCUT2D eigenvalue weighted by Gasteiger charge is 2.50. The Morgan fingerprint density at radius 1 is 1.00 bits per heavy atom. The molecule has 1 aromatic rings. The molecular weight excluding hydrogens is 498 g/mol. The molecular formula is C30H41N3O6. The van der Waals surface area contributed by atoms with Gasteiger partial charge in [0.1, 0.15) is 23.4 Å². The molecule has 4 atom stereocenters. The normalized spacial score (nSPS) is 22.8. The number of hydrogen-bond donors (Lipinski definition) is 3. The number of amides is 3. The fourth-order valence-electron chi connectivity index (χ4n) is 5.44. The predicted molar refractivity (Wildman–Crippen MR) is 146 cm³/mol. The molecule has 0 bridgehead atoms. The van der Waals surface area contributed by atoms with Crippen molar-refractivity contribution in [2.75, 3.05) is 13.7 Å². The van der Waals surface area contributed by atoms with Gasteiger partial charge in [-0.1, -0.05) is 43.9 Å². The van der Waals surface area contributed by atoms with E-state index in [9.17, 15) is 19.2 Å². The molecule has 2 fully saturated rings. The Labute approximate surface area is 230 Å². The summed E-state index contributed by atoms with van der Waals surface area (Å²) in [5, 5.41) is 8.52. The summed E-state index contributed by atoms with van der Waals surface area (Å²) in [7, 11) is 1.58. The molecule has 9 nitrogen and oxygen atoms in total. The van der Waals surface area contributed by atoms with Crippen LogP contribution < -0.4 is 20.7 Å². The number of carbonyl (C=O) groups is 4. The van der Waals surface area contributed by atoms with Gasteiger partial charge in [0.2, 0.25) is 17.7 Å². The van der Waals surface area contributed by atoms with E-state index in [0.717, 1.165) is 44.1 Å². The monoisotopic (exact) mass is 539 g/mol. The van der Waals surface area contributed by atoms with Gasteiger partial charge in [-0.15, -0.1) is 0 Å².